The maximum atomic E-state index is 13.1. The maximum absolute atomic E-state index is 13.1. The Morgan fingerprint density at radius 2 is 1.79 bits per heavy atom. The zero-order valence-corrected chi connectivity index (χ0v) is 22.7. The number of thiophene rings is 1. The lowest BCUT2D eigenvalue weighted by Crippen LogP contribution is -2.33. The molecule has 2 heterocycles. The SMILES string of the molecule is COc1ccc(CCNC(=O)Cn2cnc3sc(C(=O)OCCOc4ccccc4)c(C)c3c2=O)cc1OC. The van der Waals surface area contributed by atoms with Crippen LogP contribution in [0.4, 0.5) is 0 Å². The summed E-state index contributed by atoms with van der Waals surface area (Å²) in [6, 6.07) is 14.8. The number of fused-ring (bicyclic) bond motifs is 1. The van der Waals surface area contributed by atoms with E-state index in [0.717, 1.165) is 16.9 Å². The molecule has 39 heavy (non-hydrogen) atoms. The average molecular weight is 552 g/mol. The van der Waals surface area contributed by atoms with Crippen molar-refractivity contribution in [3.63, 3.8) is 0 Å². The van der Waals surface area contributed by atoms with Gasteiger partial charge in [0.2, 0.25) is 5.91 Å². The third-order valence-corrected chi connectivity index (χ3v) is 7.11. The standard InChI is InChI=1S/C28H29N3O7S/c1-18-24-26(39-25(18)28(34)38-14-13-37-20-7-5-4-6-8-20)30-17-31(27(24)33)16-23(32)29-12-11-19-9-10-21(35-2)22(15-19)36-3/h4-10,15,17H,11-14,16H2,1-3H3,(H,29,32). The number of carbonyl (C=O) groups excluding carboxylic acids is 2. The number of carbonyl (C=O) groups is 2. The molecule has 0 atom stereocenters. The molecule has 0 aliphatic carbocycles. The second kappa shape index (κ2) is 12.9. The molecule has 0 saturated carbocycles. The van der Waals surface area contributed by atoms with E-state index in [0.29, 0.717) is 50.9 Å². The number of hydrogen-bond acceptors (Lipinski definition) is 9. The summed E-state index contributed by atoms with van der Waals surface area (Å²) in [5, 5.41) is 3.12. The predicted molar refractivity (Wildman–Crippen MR) is 147 cm³/mol. The maximum Gasteiger partial charge on any atom is 0.348 e. The van der Waals surface area contributed by atoms with E-state index in [2.05, 4.69) is 10.3 Å². The van der Waals surface area contributed by atoms with Crippen LogP contribution in [0.1, 0.15) is 20.8 Å². The van der Waals surface area contributed by atoms with E-state index in [4.69, 9.17) is 18.9 Å². The Hall–Kier alpha value is -4.38. The van der Waals surface area contributed by atoms with Crippen molar-refractivity contribution in [2.75, 3.05) is 34.0 Å². The fraction of sp³-hybridized carbons (Fsp3) is 0.286. The third-order valence-electron chi connectivity index (χ3n) is 5.93. The molecule has 0 bridgehead atoms. The molecule has 0 saturated heterocycles. The van der Waals surface area contributed by atoms with Gasteiger partial charge in [-0.1, -0.05) is 24.3 Å². The quantitative estimate of drug-likeness (QED) is 0.210. The number of nitrogens with zero attached hydrogens (tertiary/aromatic N) is 2. The number of nitrogens with one attached hydrogen (secondary N) is 1. The average Bonchev–Trinajstić information content (AvgIpc) is 3.29. The van der Waals surface area contributed by atoms with Crippen LogP contribution in [0.3, 0.4) is 0 Å². The van der Waals surface area contributed by atoms with Gasteiger partial charge in [0.05, 0.1) is 25.9 Å². The van der Waals surface area contributed by atoms with Crippen LogP contribution in [0, 0.1) is 6.92 Å². The number of ether oxygens (including phenoxy) is 4. The van der Waals surface area contributed by atoms with E-state index in [1.807, 2.05) is 48.5 Å². The molecule has 2 aromatic heterocycles. The molecular weight excluding hydrogens is 522 g/mol. The van der Waals surface area contributed by atoms with Crippen molar-refractivity contribution < 1.29 is 28.5 Å². The van der Waals surface area contributed by atoms with E-state index in [-0.39, 0.29) is 25.7 Å². The molecule has 0 radical (unpaired) electrons. The lowest BCUT2D eigenvalue weighted by molar-refractivity contribution is -0.121. The molecule has 0 spiro atoms. The molecule has 0 fully saturated rings. The number of amides is 1. The van der Waals surface area contributed by atoms with Crippen LogP contribution in [-0.2, 0) is 22.5 Å². The van der Waals surface area contributed by atoms with Gasteiger partial charge in [0, 0.05) is 6.54 Å². The highest BCUT2D eigenvalue weighted by molar-refractivity contribution is 7.20. The normalized spacial score (nSPS) is 10.7. The summed E-state index contributed by atoms with van der Waals surface area (Å²) in [6.07, 6.45) is 1.89. The van der Waals surface area contributed by atoms with E-state index in [9.17, 15) is 14.4 Å². The van der Waals surface area contributed by atoms with Gasteiger partial charge in [0.15, 0.2) is 11.5 Å². The first-order valence-corrected chi connectivity index (χ1v) is 13.0. The molecule has 2 aromatic carbocycles. The minimum Gasteiger partial charge on any atom is -0.493 e. The Balaban J connectivity index is 1.34. The van der Waals surface area contributed by atoms with Gasteiger partial charge < -0.3 is 24.3 Å². The van der Waals surface area contributed by atoms with Gasteiger partial charge >= 0.3 is 5.97 Å². The Morgan fingerprint density at radius 1 is 1.03 bits per heavy atom. The highest BCUT2D eigenvalue weighted by atomic mass is 32.1. The fourth-order valence-electron chi connectivity index (χ4n) is 3.94. The summed E-state index contributed by atoms with van der Waals surface area (Å²) in [6.45, 7) is 2.11. The summed E-state index contributed by atoms with van der Waals surface area (Å²) < 4.78 is 22.7. The molecule has 0 aliphatic rings. The van der Waals surface area contributed by atoms with Gasteiger partial charge in [-0.25, -0.2) is 9.78 Å². The lowest BCUT2D eigenvalue weighted by atomic mass is 10.1. The van der Waals surface area contributed by atoms with E-state index < -0.39 is 11.5 Å². The van der Waals surface area contributed by atoms with Gasteiger partial charge in [0.25, 0.3) is 5.56 Å². The van der Waals surface area contributed by atoms with Gasteiger partial charge in [-0.2, -0.15) is 0 Å². The number of methoxy groups -OCH3 is 2. The smallest absolute Gasteiger partial charge is 0.348 e. The molecule has 10 nitrogen and oxygen atoms in total. The molecule has 4 aromatic rings. The molecule has 204 valence electrons. The summed E-state index contributed by atoms with van der Waals surface area (Å²) >= 11 is 1.09. The fourth-order valence-corrected chi connectivity index (χ4v) is 4.97. The first-order valence-electron chi connectivity index (χ1n) is 12.2. The topological polar surface area (TPSA) is 118 Å². The zero-order valence-electron chi connectivity index (χ0n) is 21.9. The number of hydrogen-bond donors (Lipinski definition) is 1. The lowest BCUT2D eigenvalue weighted by Gasteiger charge is -2.10. The van der Waals surface area contributed by atoms with Crippen molar-refractivity contribution in [3.8, 4) is 17.2 Å². The number of aryl methyl sites for hydroxylation is 1. The molecule has 0 unspecified atom stereocenters. The zero-order chi connectivity index (χ0) is 27.8. The Bertz CT molecular complexity index is 1520. The monoisotopic (exact) mass is 551 g/mol. The van der Waals surface area contributed by atoms with Crippen LogP contribution in [0.2, 0.25) is 0 Å². The van der Waals surface area contributed by atoms with Crippen LogP contribution in [0.25, 0.3) is 10.2 Å². The van der Waals surface area contributed by atoms with Crippen molar-refractivity contribution in [2.45, 2.75) is 19.9 Å². The highest BCUT2D eigenvalue weighted by Crippen LogP contribution is 2.28. The van der Waals surface area contributed by atoms with E-state index >= 15 is 0 Å². The number of para-hydroxylation sites is 1. The van der Waals surface area contributed by atoms with Crippen molar-refractivity contribution in [1.29, 1.82) is 0 Å². The molecule has 1 N–H and O–H groups in total. The van der Waals surface area contributed by atoms with Crippen LogP contribution >= 0.6 is 11.3 Å². The summed E-state index contributed by atoms with van der Waals surface area (Å²) in [5.41, 5.74) is 1.05. The number of rotatable bonds is 12. The predicted octanol–water partition coefficient (Wildman–Crippen LogP) is 3.38. The van der Waals surface area contributed by atoms with Crippen LogP contribution in [0.5, 0.6) is 17.2 Å². The van der Waals surface area contributed by atoms with Gasteiger partial charge in [-0.3, -0.25) is 14.2 Å². The Labute approximate surface area is 229 Å². The second-order valence-electron chi connectivity index (χ2n) is 8.50. The van der Waals surface area contributed by atoms with E-state index in [1.165, 1.54) is 10.9 Å². The Morgan fingerprint density at radius 3 is 2.54 bits per heavy atom. The van der Waals surface area contributed by atoms with Gasteiger partial charge in [-0.05, 0) is 48.7 Å². The second-order valence-corrected chi connectivity index (χ2v) is 9.50. The van der Waals surface area contributed by atoms with Crippen molar-refractivity contribution in [1.82, 2.24) is 14.9 Å². The first-order chi connectivity index (χ1) is 18.9. The Kier molecular flexibility index (Phi) is 9.16. The van der Waals surface area contributed by atoms with Crippen molar-refractivity contribution in [2.24, 2.45) is 0 Å². The molecule has 0 aliphatic heterocycles. The summed E-state index contributed by atoms with van der Waals surface area (Å²) in [4.78, 5) is 43.3. The van der Waals surface area contributed by atoms with Crippen molar-refractivity contribution in [3.05, 3.63) is 81.2 Å². The van der Waals surface area contributed by atoms with Crippen LogP contribution < -0.4 is 25.1 Å². The minimum absolute atomic E-state index is 0.0581. The summed E-state index contributed by atoms with van der Waals surface area (Å²) in [5.74, 6) is 1.05. The van der Waals surface area contributed by atoms with Gasteiger partial charge in [0.1, 0.15) is 35.2 Å². The minimum atomic E-state index is -0.550. The molecule has 4 rings (SSSR count). The van der Waals surface area contributed by atoms with Crippen LogP contribution in [0.15, 0.2) is 59.7 Å². The summed E-state index contributed by atoms with van der Waals surface area (Å²) in [7, 11) is 3.13. The largest absolute Gasteiger partial charge is 0.493 e. The first kappa shape index (κ1) is 27.6. The highest BCUT2D eigenvalue weighted by Gasteiger charge is 2.21. The van der Waals surface area contributed by atoms with E-state index in [1.54, 1.807) is 21.1 Å². The molecule has 1 amide bonds. The number of aromatic nitrogens is 2. The van der Waals surface area contributed by atoms with Crippen molar-refractivity contribution >= 4 is 33.4 Å². The third kappa shape index (κ3) is 6.74. The number of esters is 1. The number of benzene rings is 2. The van der Waals surface area contributed by atoms with Gasteiger partial charge in [-0.15, -0.1) is 11.3 Å². The molecular formula is C28H29N3O7S. The molecule has 11 heteroatoms. The van der Waals surface area contributed by atoms with Crippen LogP contribution in [-0.4, -0.2) is 55.4 Å².